The average molecular weight is 587 g/mol. The van der Waals surface area contributed by atoms with Gasteiger partial charge in [0.05, 0.1) is 23.3 Å². The van der Waals surface area contributed by atoms with Crippen LogP contribution in [-0.2, 0) is 17.8 Å². The van der Waals surface area contributed by atoms with Gasteiger partial charge in [-0.2, -0.15) is 5.10 Å². The van der Waals surface area contributed by atoms with Crippen molar-refractivity contribution in [1.82, 2.24) is 5.43 Å². The van der Waals surface area contributed by atoms with Crippen molar-refractivity contribution in [3.8, 4) is 11.5 Å². The Hall–Kier alpha value is -2.36. The minimum atomic E-state index is -0.348. The highest BCUT2D eigenvalue weighted by Crippen LogP contribution is 2.34. The Balaban J connectivity index is 1.64. The molecule has 0 saturated carbocycles. The first-order chi connectivity index (χ1) is 15.4. The maximum atomic E-state index is 12.9. The van der Waals surface area contributed by atoms with Crippen LogP contribution in [0.3, 0.4) is 0 Å². The largest absolute Gasteiger partial charge is 0.493 e. The van der Waals surface area contributed by atoms with Crippen molar-refractivity contribution in [1.29, 1.82) is 0 Å². The van der Waals surface area contributed by atoms with Gasteiger partial charge in [-0.3, -0.25) is 4.79 Å². The number of hydrogen-bond donors (Lipinski definition) is 1. The number of rotatable bonds is 8. The predicted octanol–water partition coefficient (Wildman–Crippen LogP) is 6.02. The van der Waals surface area contributed by atoms with Gasteiger partial charge in [-0.15, -0.1) is 0 Å². The third-order valence-electron chi connectivity index (χ3n) is 4.32. The van der Waals surface area contributed by atoms with Gasteiger partial charge in [-0.25, -0.2) is 9.82 Å². The van der Waals surface area contributed by atoms with Gasteiger partial charge in [0.2, 0.25) is 5.91 Å². The number of benzene rings is 3. The Morgan fingerprint density at radius 1 is 1.16 bits per heavy atom. The topological polar surface area (TPSA) is 59.9 Å². The lowest BCUT2D eigenvalue weighted by Crippen LogP contribution is -2.19. The number of ether oxygens (including phenoxy) is 2. The zero-order valence-electron chi connectivity index (χ0n) is 16.9. The number of nitrogens with zero attached hydrogens (tertiary/aromatic N) is 1. The second-order valence-electron chi connectivity index (χ2n) is 6.65. The number of halogens is 4. The molecular weight excluding hydrogens is 569 g/mol. The molecule has 5 nitrogen and oxygen atoms in total. The molecule has 0 saturated heterocycles. The Morgan fingerprint density at radius 3 is 2.59 bits per heavy atom. The molecule has 9 heteroatoms. The van der Waals surface area contributed by atoms with E-state index in [-0.39, 0.29) is 24.8 Å². The zero-order chi connectivity index (χ0) is 23.1. The monoisotopic (exact) mass is 586 g/mol. The van der Waals surface area contributed by atoms with Crippen LogP contribution in [-0.4, -0.2) is 19.2 Å². The van der Waals surface area contributed by atoms with Gasteiger partial charge in [0.15, 0.2) is 11.5 Å². The number of carbonyl (C=O) groups is 1. The third kappa shape index (κ3) is 6.82. The van der Waals surface area contributed by atoms with Crippen LogP contribution in [0.1, 0.15) is 16.7 Å². The molecule has 0 spiro atoms. The number of nitrogens with one attached hydrogen (secondary N) is 1. The molecule has 0 heterocycles. The lowest BCUT2D eigenvalue weighted by Gasteiger charge is -2.14. The van der Waals surface area contributed by atoms with E-state index in [9.17, 15) is 9.18 Å². The van der Waals surface area contributed by atoms with Gasteiger partial charge < -0.3 is 9.47 Å². The summed E-state index contributed by atoms with van der Waals surface area (Å²) in [6, 6.07) is 14.5. The molecule has 0 bridgehead atoms. The summed E-state index contributed by atoms with van der Waals surface area (Å²) in [5.74, 6) is 0.423. The molecule has 0 aromatic heterocycles. The first-order valence-electron chi connectivity index (χ1n) is 9.36. The van der Waals surface area contributed by atoms with Crippen molar-refractivity contribution < 1.29 is 18.7 Å². The van der Waals surface area contributed by atoms with Crippen LogP contribution in [0.4, 0.5) is 4.39 Å². The fourth-order valence-corrected chi connectivity index (χ4v) is 3.99. The summed E-state index contributed by atoms with van der Waals surface area (Å²) in [5, 5.41) is 5.06. The fraction of sp³-hybridized carbons (Fsp3) is 0.130. The first kappa shape index (κ1) is 24.3. The molecule has 1 N–H and O–H groups in total. The highest BCUT2D eigenvalue weighted by atomic mass is 127. The summed E-state index contributed by atoms with van der Waals surface area (Å²) in [5.41, 5.74) is 4.66. The Morgan fingerprint density at radius 2 is 1.91 bits per heavy atom. The molecule has 3 aromatic rings. The Labute approximate surface area is 208 Å². The molecule has 0 aliphatic carbocycles. The van der Waals surface area contributed by atoms with Crippen LogP contribution < -0.4 is 14.9 Å². The number of amides is 1. The van der Waals surface area contributed by atoms with E-state index in [1.54, 1.807) is 43.5 Å². The summed E-state index contributed by atoms with van der Waals surface area (Å²) in [6.45, 7) is 0.245. The lowest BCUT2D eigenvalue weighted by molar-refractivity contribution is -0.120. The first-order valence-corrected chi connectivity index (χ1v) is 11.2. The Bertz CT molecular complexity index is 1140. The molecule has 3 rings (SSSR count). The van der Waals surface area contributed by atoms with Gasteiger partial charge in [0, 0.05) is 15.6 Å². The molecule has 32 heavy (non-hydrogen) atoms. The van der Waals surface area contributed by atoms with Gasteiger partial charge >= 0.3 is 0 Å². The van der Waals surface area contributed by atoms with E-state index < -0.39 is 0 Å². The normalized spacial score (nSPS) is 10.9. The Kier molecular flexibility index (Phi) is 8.72. The maximum absolute atomic E-state index is 12.9. The van der Waals surface area contributed by atoms with Crippen molar-refractivity contribution in [2.75, 3.05) is 7.11 Å². The number of hydrazone groups is 1. The van der Waals surface area contributed by atoms with Gasteiger partial charge in [0.25, 0.3) is 0 Å². The van der Waals surface area contributed by atoms with Crippen LogP contribution >= 0.6 is 45.8 Å². The molecule has 0 fully saturated rings. The van der Waals surface area contributed by atoms with E-state index in [1.165, 1.54) is 18.3 Å². The van der Waals surface area contributed by atoms with E-state index >= 15 is 0 Å². The van der Waals surface area contributed by atoms with Crippen LogP contribution in [0.5, 0.6) is 11.5 Å². The van der Waals surface area contributed by atoms with Crippen molar-refractivity contribution >= 4 is 57.9 Å². The molecule has 3 aromatic carbocycles. The van der Waals surface area contributed by atoms with Crippen LogP contribution in [0.15, 0.2) is 59.7 Å². The molecule has 0 radical (unpaired) electrons. The number of methoxy groups -OCH3 is 1. The predicted molar refractivity (Wildman–Crippen MR) is 132 cm³/mol. The van der Waals surface area contributed by atoms with Gasteiger partial charge in [-0.1, -0.05) is 41.4 Å². The van der Waals surface area contributed by atoms with Gasteiger partial charge in [0.1, 0.15) is 12.4 Å². The van der Waals surface area contributed by atoms with Crippen molar-refractivity contribution in [2.45, 2.75) is 13.0 Å². The maximum Gasteiger partial charge on any atom is 0.244 e. The number of carbonyl (C=O) groups excluding carboxylic acids is 1. The summed E-state index contributed by atoms with van der Waals surface area (Å²) >= 11 is 14.3. The average Bonchev–Trinajstić information content (AvgIpc) is 2.75. The van der Waals surface area contributed by atoms with Crippen molar-refractivity contribution in [3.63, 3.8) is 0 Å². The van der Waals surface area contributed by atoms with E-state index in [0.717, 1.165) is 9.13 Å². The molecule has 166 valence electrons. The van der Waals surface area contributed by atoms with E-state index in [2.05, 4.69) is 33.1 Å². The summed E-state index contributed by atoms with van der Waals surface area (Å²) in [6.07, 6.45) is 1.60. The summed E-state index contributed by atoms with van der Waals surface area (Å²) in [4.78, 5) is 12.0. The van der Waals surface area contributed by atoms with E-state index in [1.807, 2.05) is 6.07 Å². The quantitative estimate of drug-likeness (QED) is 0.200. The van der Waals surface area contributed by atoms with Crippen LogP contribution in [0, 0.1) is 9.39 Å². The van der Waals surface area contributed by atoms with E-state index in [4.69, 9.17) is 32.7 Å². The summed E-state index contributed by atoms with van der Waals surface area (Å²) in [7, 11) is 1.54. The molecular formula is C23H18Cl2FIN2O3. The second-order valence-corrected chi connectivity index (χ2v) is 8.66. The smallest absolute Gasteiger partial charge is 0.244 e. The minimum absolute atomic E-state index is 0.0957. The van der Waals surface area contributed by atoms with Gasteiger partial charge in [-0.05, 0) is 70.1 Å². The molecule has 1 amide bonds. The van der Waals surface area contributed by atoms with Crippen LogP contribution in [0.25, 0.3) is 0 Å². The highest BCUT2D eigenvalue weighted by Gasteiger charge is 2.13. The SMILES string of the molecule is COc1cc(/C=N/NC(=O)Cc2ccc(F)cc2)cc(I)c1OCc1ccc(Cl)cc1Cl. The second kappa shape index (κ2) is 11.5. The fourth-order valence-electron chi connectivity index (χ4n) is 2.75. The third-order valence-corrected chi connectivity index (χ3v) is 5.71. The van der Waals surface area contributed by atoms with Crippen molar-refractivity contribution in [2.24, 2.45) is 5.10 Å². The molecule has 0 aliphatic heterocycles. The standard InChI is InChI=1S/C23H18Cl2FIN2O3/c1-31-21-9-15(12-28-29-22(30)10-14-2-6-18(26)7-3-14)8-20(27)23(21)32-13-16-4-5-17(24)11-19(16)25/h2-9,11-12H,10,13H2,1H3,(H,29,30)/b28-12+. The molecule has 0 atom stereocenters. The van der Waals surface area contributed by atoms with E-state index in [0.29, 0.717) is 32.7 Å². The minimum Gasteiger partial charge on any atom is -0.493 e. The molecule has 0 unspecified atom stereocenters. The number of hydrogen-bond acceptors (Lipinski definition) is 4. The zero-order valence-corrected chi connectivity index (χ0v) is 20.5. The molecule has 0 aliphatic rings. The van der Waals surface area contributed by atoms with Crippen molar-refractivity contribution in [3.05, 3.63) is 90.7 Å². The summed E-state index contributed by atoms with van der Waals surface area (Å²) < 4.78 is 25.1. The lowest BCUT2D eigenvalue weighted by atomic mass is 10.1. The van der Waals surface area contributed by atoms with Crippen LogP contribution in [0.2, 0.25) is 10.0 Å². The highest BCUT2D eigenvalue weighted by molar-refractivity contribution is 14.1.